The standard InChI is InChI=1S/C10H15N3OS/c14-10(8-9-2-1-7-15-9)12-13-5-3-11-4-6-13/h1-2,7,11H,3-6,8H2,(H,12,14). The molecule has 1 aliphatic heterocycles. The van der Waals surface area contributed by atoms with E-state index < -0.39 is 0 Å². The van der Waals surface area contributed by atoms with Gasteiger partial charge in [-0.2, -0.15) is 0 Å². The van der Waals surface area contributed by atoms with Crippen LogP contribution in [0.5, 0.6) is 0 Å². The fourth-order valence-electron chi connectivity index (χ4n) is 1.56. The van der Waals surface area contributed by atoms with E-state index in [9.17, 15) is 4.79 Å². The first-order chi connectivity index (χ1) is 7.34. The highest BCUT2D eigenvalue weighted by Crippen LogP contribution is 2.08. The molecule has 0 atom stereocenters. The Morgan fingerprint density at radius 3 is 3.00 bits per heavy atom. The van der Waals surface area contributed by atoms with Crippen LogP contribution in [-0.2, 0) is 11.2 Å². The molecule has 1 saturated heterocycles. The van der Waals surface area contributed by atoms with Crippen LogP contribution in [0.25, 0.3) is 0 Å². The number of hydrogen-bond acceptors (Lipinski definition) is 4. The molecule has 1 amide bonds. The summed E-state index contributed by atoms with van der Waals surface area (Å²) in [6, 6.07) is 3.96. The summed E-state index contributed by atoms with van der Waals surface area (Å²) >= 11 is 1.62. The molecule has 0 unspecified atom stereocenters. The van der Waals surface area contributed by atoms with E-state index in [1.807, 2.05) is 22.5 Å². The van der Waals surface area contributed by atoms with Gasteiger partial charge in [-0.1, -0.05) is 6.07 Å². The average Bonchev–Trinajstić information content (AvgIpc) is 2.71. The van der Waals surface area contributed by atoms with Gasteiger partial charge in [0.25, 0.3) is 0 Å². The lowest BCUT2D eigenvalue weighted by atomic mass is 10.3. The highest BCUT2D eigenvalue weighted by molar-refractivity contribution is 7.10. The first-order valence-electron chi connectivity index (χ1n) is 5.12. The third kappa shape index (κ3) is 3.30. The molecule has 1 fully saturated rings. The lowest BCUT2D eigenvalue weighted by Crippen LogP contribution is -2.52. The van der Waals surface area contributed by atoms with Crippen LogP contribution in [-0.4, -0.2) is 37.1 Å². The smallest absolute Gasteiger partial charge is 0.239 e. The molecule has 1 aromatic rings. The molecule has 2 rings (SSSR count). The van der Waals surface area contributed by atoms with E-state index in [0.29, 0.717) is 6.42 Å². The summed E-state index contributed by atoms with van der Waals surface area (Å²) in [6.07, 6.45) is 0.488. The molecule has 0 aromatic carbocycles. The number of nitrogens with one attached hydrogen (secondary N) is 2. The predicted molar refractivity (Wildman–Crippen MR) is 60.6 cm³/mol. The van der Waals surface area contributed by atoms with Crippen molar-refractivity contribution in [2.75, 3.05) is 26.2 Å². The van der Waals surface area contributed by atoms with Crippen LogP contribution in [0.2, 0.25) is 0 Å². The van der Waals surface area contributed by atoms with Crippen LogP contribution in [0.1, 0.15) is 4.88 Å². The minimum Gasteiger partial charge on any atom is -0.314 e. The van der Waals surface area contributed by atoms with E-state index in [2.05, 4.69) is 10.7 Å². The zero-order valence-electron chi connectivity index (χ0n) is 8.53. The number of hydrazine groups is 1. The maximum absolute atomic E-state index is 11.6. The monoisotopic (exact) mass is 225 g/mol. The number of amides is 1. The summed E-state index contributed by atoms with van der Waals surface area (Å²) in [7, 11) is 0. The van der Waals surface area contributed by atoms with E-state index in [4.69, 9.17) is 0 Å². The van der Waals surface area contributed by atoms with Crippen molar-refractivity contribution in [2.24, 2.45) is 0 Å². The Kier molecular flexibility index (Phi) is 3.71. The number of nitrogens with zero attached hydrogens (tertiary/aromatic N) is 1. The minimum absolute atomic E-state index is 0.0827. The molecule has 0 aliphatic carbocycles. The van der Waals surface area contributed by atoms with Crippen molar-refractivity contribution >= 4 is 17.2 Å². The molecule has 5 heteroatoms. The highest BCUT2D eigenvalue weighted by atomic mass is 32.1. The van der Waals surface area contributed by atoms with Crippen molar-refractivity contribution in [1.82, 2.24) is 15.8 Å². The number of thiophene rings is 1. The van der Waals surface area contributed by atoms with Gasteiger partial charge in [-0.25, -0.2) is 5.01 Å². The Morgan fingerprint density at radius 2 is 2.33 bits per heavy atom. The summed E-state index contributed by atoms with van der Waals surface area (Å²) < 4.78 is 0. The summed E-state index contributed by atoms with van der Waals surface area (Å²) in [5.41, 5.74) is 2.92. The summed E-state index contributed by atoms with van der Waals surface area (Å²) in [5, 5.41) is 7.21. The van der Waals surface area contributed by atoms with Gasteiger partial charge in [0.2, 0.25) is 5.91 Å². The molecule has 1 aliphatic rings. The summed E-state index contributed by atoms with van der Waals surface area (Å²) in [4.78, 5) is 12.7. The quantitative estimate of drug-likeness (QED) is 0.774. The van der Waals surface area contributed by atoms with Crippen molar-refractivity contribution in [3.05, 3.63) is 22.4 Å². The number of hydrogen-bond donors (Lipinski definition) is 2. The first-order valence-corrected chi connectivity index (χ1v) is 6.00. The lowest BCUT2D eigenvalue weighted by molar-refractivity contribution is -0.125. The van der Waals surface area contributed by atoms with Crippen LogP contribution in [0.15, 0.2) is 17.5 Å². The van der Waals surface area contributed by atoms with E-state index in [1.165, 1.54) is 0 Å². The zero-order valence-corrected chi connectivity index (χ0v) is 9.35. The van der Waals surface area contributed by atoms with Crippen LogP contribution in [0.4, 0.5) is 0 Å². The Bertz CT molecular complexity index is 306. The van der Waals surface area contributed by atoms with Gasteiger partial charge in [-0.3, -0.25) is 10.2 Å². The van der Waals surface area contributed by atoms with Gasteiger partial charge >= 0.3 is 0 Å². The summed E-state index contributed by atoms with van der Waals surface area (Å²) in [6.45, 7) is 3.66. The van der Waals surface area contributed by atoms with Gasteiger partial charge in [0.05, 0.1) is 6.42 Å². The predicted octanol–water partition coefficient (Wildman–Crippen LogP) is 0.227. The zero-order chi connectivity index (χ0) is 10.5. The molecule has 2 N–H and O–H groups in total. The van der Waals surface area contributed by atoms with Crippen molar-refractivity contribution in [3.8, 4) is 0 Å². The Balaban J connectivity index is 1.76. The molecule has 4 nitrogen and oxygen atoms in total. The van der Waals surface area contributed by atoms with Gasteiger partial charge in [0.1, 0.15) is 0 Å². The molecular formula is C10H15N3OS. The minimum atomic E-state index is 0.0827. The summed E-state index contributed by atoms with van der Waals surface area (Å²) in [5.74, 6) is 0.0827. The average molecular weight is 225 g/mol. The fraction of sp³-hybridized carbons (Fsp3) is 0.500. The maximum atomic E-state index is 11.6. The molecule has 15 heavy (non-hydrogen) atoms. The maximum Gasteiger partial charge on any atom is 0.239 e. The van der Waals surface area contributed by atoms with Gasteiger partial charge in [-0.15, -0.1) is 11.3 Å². The molecule has 0 bridgehead atoms. The van der Waals surface area contributed by atoms with E-state index >= 15 is 0 Å². The first kappa shape index (κ1) is 10.6. The van der Waals surface area contributed by atoms with Gasteiger partial charge in [-0.05, 0) is 11.4 Å². The van der Waals surface area contributed by atoms with Gasteiger partial charge < -0.3 is 5.32 Å². The van der Waals surface area contributed by atoms with Crippen LogP contribution >= 0.6 is 11.3 Å². The molecular weight excluding hydrogens is 210 g/mol. The normalized spacial score (nSPS) is 17.6. The second-order valence-electron chi connectivity index (χ2n) is 3.53. The van der Waals surface area contributed by atoms with E-state index in [-0.39, 0.29) is 5.91 Å². The Labute approximate surface area is 93.2 Å². The SMILES string of the molecule is O=C(Cc1cccs1)NN1CCNCC1. The fourth-order valence-corrected chi connectivity index (χ4v) is 2.27. The molecule has 0 radical (unpaired) electrons. The van der Waals surface area contributed by atoms with Crippen LogP contribution in [0.3, 0.4) is 0 Å². The van der Waals surface area contributed by atoms with Crippen molar-refractivity contribution < 1.29 is 4.79 Å². The van der Waals surface area contributed by atoms with Crippen molar-refractivity contribution in [3.63, 3.8) is 0 Å². The number of carbonyl (C=O) groups is 1. The topological polar surface area (TPSA) is 44.4 Å². The molecule has 0 spiro atoms. The lowest BCUT2D eigenvalue weighted by Gasteiger charge is -2.27. The van der Waals surface area contributed by atoms with Crippen LogP contribution in [0, 0.1) is 0 Å². The number of piperazine rings is 1. The van der Waals surface area contributed by atoms with Crippen molar-refractivity contribution in [1.29, 1.82) is 0 Å². The second kappa shape index (κ2) is 5.25. The Morgan fingerprint density at radius 1 is 1.53 bits per heavy atom. The molecule has 1 aromatic heterocycles. The molecule has 82 valence electrons. The van der Waals surface area contributed by atoms with Crippen LogP contribution < -0.4 is 10.7 Å². The van der Waals surface area contributed by atoms with Gasteiger partial charge in [0, 0.05) is 31.1 Å². The third-order valence-corrected chi connectivity index (χ3v) is 3.19. The van der Waals surface area contributed by atoms with Crippen molar-refractivity contribution in [2.45, 2.75) is 6.42 Å². The molecule has 2 heterocycles. The van der Waals surface area contributed by atoms with E-state index in [1.54, 1.807) is 11.3 Å². The second-order valence-corrected chi connectivity index (χ2v) is 4.56. The number of rotatable bonds is 3. The van der Waals surface area contributed by atoms with Gasteiger partial charge in [0.15, 0.2) is 0 Å². The third-order valence-electron chi connectivity index (χ3n) is 2.31. The highest BCUT2D eigenvalue weighted by Gasteiger charge is 2.12. The van der Waals surface area contributed by atoms with E-state index in [0.717, 1.165) is 31.1 Å². The molecule has 0 saturated carbocycles. The number of carbonyl (C=O) groups excluding carboxylic acids is 1. The Hall–Kier alpha value is -0.910. The largest absolute Gasteiger partial charge is 0.314 e.